The normalized spacial score (nSPS) is 10.8. The van der Waals surface area contributed by atoms with Crippen LogP contribution in [-0.4, -0.2) is 14.5 Å². The minimum Gasteiger partial charge on any atom is -0.399 e. The van der Waals surface area contributed by atoms with Crippen LogP contribution in [0.15, 0.2) is 42.0 Å². The number of hydrogen-bond acceptors (Lipinski definition) is 4. The zero-order valence-electron chi connectivity index (χ0n) is 11.3. The van der Waals surface area contributed by atoms with E-state index < -0.39 is 0 Å². The molecule has 5 heteroatoms. The summed E-state index contributed by atoms with van der Waals surface area (Å²) < 4.78 is 2.14. The molecule has 0 bridgehead atoms. The molecule has 2 N–H and O–H groups in total. The lowest BCUT2D eigenvalue weighted by Gasteiger charge is -2.02. The van der Waals surface area contributed by atoms with E-state index in [2.05, 4.69) is 19.9 Å². The van der Waals surface area contributed by atoms with Gasteiger partial charge < -0.3 is 10.3 Å². The average molecular weight is 284 g/mol. The highest BCUT2D eigenvalue weighted by molar-refractivity contribution is 7.09. The van der Waals surface area contributed by atoms with E-state index in [4.69, 9.17) is 5.73 Å². The molecule has 0 unspecified atom stereocenters. The Bertz CT molecular complexity index is 714. The largest absolute Gasteiger partial charge is 0.399 e. The zero-order valence-corrected chi connectivity index (χ0v) is 12.1. The predicted octanol–water partition coefficient (Wildman–Crippen LogP) is 3.14. The van der Waals surface area contributed by atoms with Gasteiger partial charge in [-0.15, -0.1) is 11.3 Å². The van der Waals surface area contributed by atoms with Gasteiger partial charge in [-0.05, 0) is 19.1 Å². The summed E-state index contributed by atoms with van der Waals surface area (Å²) in [5.41, 5.74) is 8.65. The fraction of sp³-hybridized carbons (Fsp3) is 0.200. The fourth-order valence-electron chi connectivity index (χ4n) is 2.11. The molecule has 20 heavy (non-hydrogen) atoms. The van der Waals surface area contributed by atoms with E-state index in [-0.39, 0.29) is 0 Å². The molecule has 0 aliphatic heterocycles. The summed E-state index contributed by atoms with van der Waals surface area (Å²) in [6, 6.07) is 7.84. The number of benzene rings is 1. The maximum Gasteiger partial charge on any atom is 0.105 e. The van der Waals surface area contributed by atoms with E-state index in [0.717, 1.165) is 40.7 Å². The van der Waals surface area contributed by atoms with E-state index >= 15 is 0 Å². The molecular formula is C15H16N4S. The predicted molar refractivity (Wildman–Crippen MR) is 82.6 cm³/mol. The lowest BCUT2D eigenvalue weighted by atomic mass is 10.1. The first-order valence-corrected chi connectivity index (χ1v) is 7.38. The summed E-state index contributed by atoms with van der Waals surface area (Å²) in [7, 11) is 0. The number of rotatable bonds is 4. The smallest absolute Gasteiger partial charge is 0.105 e. The quantitative estimate of drug-likeness (QED) is 0.749. The molecule has 0 aliphatic rings. The highest BCUT2D eigenvalue weighted by atomic mass is 32.1. The first-order chi connectivity index (χ1) is 9.72. The molecule has 102 valence electrons. The third kappa shape index (κ3) is 2.72. The van der Waals surface area contributed by atoms with Crippen LogP contribution in [0.5, 0.6) is 0 Å². The van der Waals surface area contributed by atoms with Crippen molar-refractivity contribution in [3.05, 3.63) is 52.9 Å². The average Bonchev–Trinajstić information content (AvgIpc) is 3.05. The van der Waals surface area contributed by atoms with Crippen molar-refractivity contribution in [3.8, 4) is 11.3 Å². The Labute approximate surface area is 121 Å². The Morgan fingerprint density at radius 1 is 1.35 bits per heavy atom. The van der Waals surface area contributed by atoms with Crippen LogP contribution in [0.1, 0.15) is 10.8 Å². The summed E-state index contributed by atoms with van der Waals surface area (Å²) in [6.07, 6.45) is 4.75. The third-order valence-corrected chi connectivity index (χ3v) is 4.13. The van der Waals surface area contributed by atoms with E-state index in [1.54, 1.807) is 11.3 Å². The number of aryl methyl sites for hydroxylation is 3. The summed E-state index contributed by atoms with van der Waals surface area (Å²) in [6.45, 7) is 2.93. The van der Waals surface area contributed by atoms with Crippen molar-refractivity contribution in [1.29, 1.82) is 0 Å². The van der Waals surface area contributed by atoms with E-state index in [9.17, 15) is 0 Å². The van der Waals surface area contributed by atoms with Crippen molar-refractivity contribution in [2.45, 2.75) is 19.9 Å². The number of aromatic nitrogens is 3. The van der Waals surface area contributed by atoms with Crippen molar-refractivity contribution in [2.24, 2.45) is 0 Å². The van der Waals surface area contributed by atoms with Gasteiger partial charge in [0, 0.05) is 42.0 Å². The van der Waals surface area contributed by atoms with Crippen molar-refractivity contribution in [2.75, 3.05) is 5.73 Å². The van der Waals surface area contributed by atoms with Gasteiger partial charge in [-0.2, -0.15) is 0 Å². The highest BCUT2D eigenvalue weighted by Crippen LogP contribution is 2.23. The van der Waals surface area contributed by atoms with Crippen molar-refractivity contribution in [3.63, 3.8) is 0 Å². The van der Waals surface area contributed by atoms with Crippen molar-refractivity contribution < 1.29 is 0 Å². The van der Waals surface area contributed by atoms with Crippen LogP contribution in [0, 0.1) is 6.92 Å². The summed E-state index contributed by atoms with van der Waals surface area (Å²) in [4.78, 5) is 8.90. The first kappa shape index (κ1) is 12.9. The van der Waals surface area contributed by atoms with Crippen LogP contribution in [0.2, 0.25) is 0 Å². The van der Waals surface area contributed by atoms with E-state index in [1.165, 1.54) is 0 Å². The summed E-state index contributed by atoms with van der Waals surface area (Å²) in [5.74, 6) is 1.04. The number of anilines is 1. The molecule has 3 aromatic rings. The van der Waals surface area contributed by atoms with Gasteiger partial charge in [0.1, 0.15) is 5.82 Å². The minimum absolute atomic E-state index is 0.770. The Hall–Kier alpha value is -2.14. The molecule has 0 spiro atoms. The molecule has 0 amide bonds. The number of nitrogens with zero attached hydrogens (tertiary/aromatic N) is 3. The first-order valence-electron chi connectivity index (χ1n) is 6.50. The molecule has 2 aromatic heterocycles. The van der Waals surface area contributed by atoms with Gasteiger partial charge in [0.15, 0.2) is 0 Å². The maximum absolute atomic E-state index is 5.81. The Kier molecular flexibility index (Phi) is 3.52. The molecule has 0 saturated carbocycles. The second-order valence-corrected chi connectivity index (χ2v) is 5.61. The maximum atomic E-state index is 5.81. The van der Waals surface area contributed by atoms with Crippen LogP contribution >= 0.6 is 11.3 Å². The summed E-state index contributed by atoms with van der Waals surface area (Å²) >= 11 is 1.69. The van der Waals surface area contributed by atoms with Crippen LogP contribution in [0.3, 0.4) is 0 Å². The molecule has 0 atom stereocenters. The van der Waals surface area contributed by atoms with Gasteiger partial charge in [0.2, 0.25) is 0 Å². The number of imidazole rings is 1. The molecule has 0 saturated heterocycles. The van der Waals surface area contributed by atoms with Gasteiger partial charge in [0.25, 0.3) is 0 Å². The summed E-state index contributed by atoms with van der Waals surface area (Å²) in [5, 5.41) is 3.22. The Morgan fingerprint density at radius 3 is 3.00 bits per heavy atom. The molecule has 0 aliphatic carbocycles. The molecule has 3 rings (SSSR count). The second-order valence-electron chi connectivity index (χ2n) is 4.67. The monoisotopic (exact) mass is 284 g/mol. The number of nitrogen functional groups attached to an aromatic ring is 1. The van der Waals surface area contributed by atoms with Crippen LogP contribution < -0.4 is 5.73 Å². The molecule has 4 nitrogen and oxygen atoms in total. The fourth-order valence-corrected chi connectivity index (χ4v) is 2.91. The molecule has 2 heterocycles. The number of hydrogen-bond donors (Lipinski definition) is 1. The Balaban J connectivity index is 1.72. The highest BCUT2D eigenvalue weighted by Gasteiger charge is 2.06. The van der Waals surface area contributed by atoms with Crippen LogP contribution in [-0.2, 0) is 13.0 Å². The van der Waals surface area contributed by atoms with Gasteiger partial charge in [-0.1, -0.05) is 12.1 Å². The van der Waals surface area contributed by atoms with Gasteiger partial charge >= 0.3 is 0 Å². The van der Waals surface area contributed by atoms with Gasteiger partial charge in [-0.25, -0.2) is 9.97 Å². The third-order valence-electron chi connectivity index (χ3n) is 3.22. The van der Waals surface area contributed by atoms with Crippen LogP contribution in [0.25, 0.3) is 11.3 Å². The number of nitrogens with two attached hydrogens (primary N) is 1. The molecule has 0 fully saturated rings. The topological polar surface area (TPSA) is 56.7 Å². The van der Waals surface area contributed by atoms with Gasteiger partial charge in [0.05, 0.1) is 10.7 Å². The minimum atomic E-state index is 0.770. The van der Waals surface area contributed by atoms with Gasteiger partial charge in [-0.3, -0.25) is 0 Å². The molecular weight excluding hydrogens is 268 g/mol. The van der Waals surface area contributed by atoms with Crippen LogP contribution in [0.4, 0.5) is 5.69 Å². The second kappa shape index (κ2) is 5.46. The lowest BCUT2D eigenvalue weighted by molar-refractivity contribution is 0.671. The molecule has 1 aromatic carbocycles. The molecule has 0 radical (unpaired) electrons. The zero-order chi connectivity index (χ0) is 13.9. The lowest BCUT2D eigenvalue weighted by Crippen LogP contribution is -2.02. The van der Waals surface area contributed by atoms with Crippen molar-refractivity contribution in [1.82, 2.24) is 14.5 Å². The van der Waals surface area contributed by atoms with Crippen molar-refractivity contribution >= 4 is 17.0 Å². The standard InChI is InChI=1S/C15H16N4S/c1-11-17-6-8-19(11)7-5-15-18-14(10-20-15)12-3-2-4-13(16)9-12/h2-4,6,8-10H,5,7,16H2,1H3. The Morgan fingerprint density at radius 2 is 2.25 bits per heavy atom. The number of thiazole rings is 1. The SMILES string of the molecule is Cc1nccn1CCc1nc(-c2cccc(N)c2)cs1. The van der Waals surface area contributed by atoms with E-state index in [1.807, 2.05) is 43.6 Å². The van der Waals surface area contributed by atoms with E-state index in [0.29, 0.717) is 0 Å².